The van der Waals surface area contributed by atoms with E-state index >= 15 is 0 Å². The highest BCUT2D eigenvalue weighted by Gasteiger charge is 2.45. The number of hydrogen-bond acceptors (Lipinski definition) is 3. The molecule has 244 valence electrons. The molecule has 0 aromatic heterocycles. The quantitative estimate of drug-likeness (QED) is 0.189. The molecule has 0 bridgehead atoms. The molecule has 0 saturated carbocycles. The summed E-state index contributed by atoms with van der Waals surface area (Å²) < 4.78 is 2.43. The van der Waals surface area contributed by atoms with Crippen molar-refractivity contribution in [3.63, 3.8) is 0 Å². The molecule has 0 unspecified atom stereocenters. The largest absolute Gasteiger partial charge is 0.480 e. The van der Waals surface area contributed by atoms with Crippen molar-refractivity contribution in [3.8, 4) is 0 Å². The highest BCUT2D eigenvalue weighted by molar-refractivity contribution is 6.07. The second kappa shape index (κ2) is 12.0. The third-order valence-electron chi connectivity index (χ3n) is 10.7. The van der Waals surface area contributed by atoms with Crippen molar-refractivity contribution in [1.29, 1.82) is 0 Å². The van der Waals surface area contributed by atoms with Crippen molar-refractivity contribution in [2.75, 3.05) is 24.5 Å². The number of rotatable bonds is 8. The molecule has 3 aliphatic rings. The number of nitrogens with zero attached hydrogens (tertiary/aromatic N) is 2. The highest BCUT2D eigenvalue weighted by Crippen LogP contribution is 2.51. The average Bonchev–Trinajstić information content (AvgIpc) is 3.65. The molecular formula is C43H46N3O2+. The number of carboxylic acid groups (broad SMARTS) is 1. The van der Waals surface area contributed by atoms with Gasteiger partial charge in [0.05, 0.1) is 5.41 Å². The van der Waals surface area contributed by atoms with Gasteiger partial charge in [-0.05, 0) is 97.0 Å². The smallest absolute Gasteiger partial charge is 0.322 e. The molecule has 0 spiro atoms. The summed E-state index contributed by atoms with van der Waals surface area (Å²) in [6.07, 6.45) is 10.7. The van der Waals surface area contributed by atoms with Crippen LogP contribution in [0.4, 0.5) is 11.4 Å². The number of likely N-dealkylation sites (N-methyl/N-ethyl adjacent to an activating group) is 1. The number of fused-ring (bicyclic) bond motifs is 6. The summed E-state index contributed by atoms with van der Waals surface area (Å²) in [7, 11) is 0. The van der Waals surface area contributed by atoms with Crippen LogP contribution in [0.5, 0.6) is 0 Å². The minimum Gasteiger partial charge on any atom is -0.480 e. The molecule has 2 heterocycles. The van der Waals surface area contributed by atoms with E-state index in [0.29, 0.717) is 0 Å². The van der Waals surface area contributed by atoms with Crippen LogP contribution in [0.2, 0.25) is 0 Å². The molecule has 48 heavy (non-hydrogen) atoms. The maximum atomic E-state index is 11.8. The Hall–Kier alpha value is -4.90. The van der Waals surface area contributed by atoms with Gasteiger partial charge < -0.3 is 15.3 Å². The first-order valence-electron chi connectivity index (χ1n) is 17.3. The van der Waals surface area contributed by atoms with E-state index in [9.17, 15) is 9.90 Å². The van der Waals surface area contributed by atoms with Crippen LogP contribution in [0.3, 0.4) is 0 Å². The second-order valence-electron chi connectivity index (χ2n) is 14.2. The van der Waals surface area contributed by atoms with Crippen molar-refractivity contribution in [1.82, 2.24) is 5.32 Å². The zero-order chi connectivity index (χ0) is 33.8. The number of benzene rings is 4. The minimum atomic E-state index is -0.863. The van der Waals surface area contributed by atoms with Crippen molar-refractivity contribution < 1.29 is 14.5 Å². The van der Waals surface area contributed by atoms with Gasteiger partial charge in [-0.3, -0.25) is 4.79 Å². The highest BCUT2D eigenvalue weighted by atomic mass is 16.4. The lowest BCUT2D eigenvalue weighted by atomic mass is 9.79. The molecule has 5 heteroatoms. The van der Waals surface area contributed by atoms with Crippen molar-refractivity contribution in [2.45, 2.75) is 65.2 Å². The average molecular weight is 637 g/mol. The van der Waals surface area contributed by atoms with Gasteiger partial charge in [-0.1, -0.05) is 80.6 Å². The Bertz CT molecular complexity index is 2140. The summed E-state index contributed by atoms with van der Waals surface area (Å²) >= 11 is 0. The first-order valence-corrected chi connectivity index (χ1v) is 17.3. The molecule has 0 radical (unpaired) electrons. The third-order valence-corrected chi connectivity index (χ3v) is 10.7. The second-order valence-corrected chi connectivity index (χ2v) is 14.2. The van der Waals surface area contributed by atoms with E-state index in [1.165, 1.54) is 55.5 Å². The molecule has 1 aliphatic carbocycles. The monoisotopic (exact) mass is 636 g/mol. The first kappa shape index (κ1) is 31.7. The standard InChI is InChI=1S/C43H45N3O2/c1-7-45-34-23-19-28-13-9-11-15-32(28)39(34)42(3,4)36(45)25-21-30-17-18-31(41(30)44-27-38(47)48)22-26-37-43(5,6)40-33-16-12-10-14-29(33)20-24-35(40)46(37)8-2/h9-16,19-26H,7-8,17-18,27H2,1-6H3,(H,47,48)/p+1. The molecule has 4 aromatic carbocycles. The van der Waals surface area contributed by atoms with E-state index in [1.54, 1.807) is 0 Å². The SMILES string of the molecule is CCN1C(=CC=C2CCC(C=CC3=[N+](CC)c4ccc5ccccc5c4C3(C)C)=C2NCC(=O)O)C(C)(C)c2c1ccc1ccccc21. The fourth-order valence-electron chi connectivity index (χ4n) is 8.56. The predicted octanol–water partition coefficient (Wildman–Crippen LogP) is 9.30. The lowest BCUT2D eigenvalue weighted by Crippen LogP contribution is -2.28. The number of carboxylic acids is 1. The van der Waals surface area contributed by atoms with Gasteiger partial charge in [0.2, 0.25) is 5.69 Å². The maximum Gasteiger partial charge on any atom is 0.322 e. The van der Waals surface area contributed by atoms with Gasteiger partial charge in [0.1, 0.15) is 13.1 Å². The van der Waals surface area contributed by atoms with Crippen molar-refractivity contribution in [2.24, 2.45) is 0 Å². The molecule has 2 N–H and O–H groups in total. The molecule has 0 fully saturated rings. The van der Waals surface area contributed by atoms with Gasteiger partial charge in [0.15, 0.2) is 5.71 Å². The number of aliphatic carboxylic acids is 1. The lowest BCUT2D eigenvalue weighted by molar-refractivity contribution is -0.433. The Balaban J connectivity index is 1.28. The molecule has 4 aromatic rings. The summed E-state index contributed by atoms with van der Waals surface area (Å²) in [4.78, 5) is 14.2. The zero-order valence-electron chi connectivity index (χ0n) is 29.0. The maximum absolute atomic E-state index is 11.8. The summed E-state index contributed by atoms with van der Waals surface area (Å²) in [5.41, 5.74) is 10.7. The first-order chi connectivity index (χ1) is 23.1. The fourth-order valence-corrected chi connectivity index (χ4v) is 8.56. The Morgan fingerprint density at radius 1 is 0.833 bits per heavy atom. The fraction of sp³-hybridized carbons (Fsp3) is 0.302. The Kier molecular flexibility index (Phi) is 7.90. The van der Waals surface area contributed by atoms with E-state index in [0.717, 1.165) is 42.8 Å². The number of carbonyl (C=O) groups is 1. The van der Waals surface area contributed by atoms with Crippen LogP contribution >= 0.6 is 0 Å². The van der Waals surface area contributed by atoms with E-state index in [4.69, 9.17) is 0 Å². The Labute approximate surface area is 284 Å². The van der Waals surface area contributed by atoms with Crippen LogP contribution in [0.1, 0.15) is 65.5 Å². The molecule has 7 rings (SSSR count). The zero-order valence-corrected chi connectivity index (χ0v) is 29.0. The molecular weight excluding hydrogens is 590 g/mol. The molecule has 0 atom stereocenters. The van der Waals surface area contributed by atoms with Crippen LogP contribution < -0.4 is 10.2 Å². The summed E-state index contributed by atoms with van der Waals surface area (Å²) in [6.45, 7) is 15.3. The topological polar surface area (TPSA) is 55.6 Å². The van der Waals surface area contributed by atoms with E-state index in [1.807, 2.05) is 0 Å². The van der Waals surface area contributed by atoms with E-state index in [2.05, 4.69) is 153 Å². The summed E-state index contributed by atoms with van der Waals surface area (Å²) in [5.74, 6) is -0.863. The Morgan fingerprint density at radius 3 is 2.17 bits per heavy atom. The van der Waals surface area contributed by atoms with E-state index in [-0.39, 0.29) is 17.4 Å². The predicted molar refractivity (Wildman–Crippen MR) is 200 cm³/mol. The normalized spacial score (nSPS) is 19.8. The Morgan fingerprint density at radius 2 is 1.50 bits per heavy atom. The minimum absolute atomic E-state index is 0.120. The van der Waals surface area contributed by atoms with Crippen LogP contribution in [-0.4, -0.2) is 41.0 Å². The van der Waals surface area contributed by atoms with Gasteiger partial charge in [0, 0.05) is 46.7 Å². The summed E-state index contributed by atoms with van der Waals surface area (Å²) in [6, 6.07) is 26.3. The molecule has 5 nitrogen and oxygen atoms in total. The van der Waals surface area contributed by atoms with Gasteiger partial charge in [-0.25, -0.2) is 0 Å². The lowest BCUT2D eigenvalue weighted by Gasteiger charge is -2.26. The number of anilines is 1. The summed E-state index contributed by atoms with van der Waals surface area (Å²) in [5, 5.41) is 18.1. The number of allylic oxidation sites excluding steroid dienone is 7. The van der Waals surface area contributed by atoms with Gasteiger partial charge in [-0.15, -0.1) is 0 Å². The molecule has 2 aliphatic heterocycles. The van der Waals surface area contributed by atoms with Gasteiger partial charge in [0.25, 0.3) is 0 Å². The van der Waals surface area contributed by atoms with Crippen molar-refractivity contribution in [3.05, 3.63) is 131 Å². The van der Waals surface area contributed by atoms with Crippen LogP contribution in [0, 0.1) is 0 Å². The van der Waals surface area contributed by atoms with Gasteiger partial charge in [-0.2, -0.15) is 4.58 Å². The number of nitrogens with one attached hydrogen (secondary N) is 1. The number of hydrogen-bond donors (Lipinski definition) is 2. The molecule has 0 amide bonds. The van der Waals surface area contributed by atoms with Crippen LogP contribution in [0.25, 0.3) is 21.5 Å². The van der Waals surface area contributed by atoms with Crippen LogP contribution in [-0.2, 0) is 15.6 Å². The molecule has 0 saturated heterocycles. The van der Waals surface area contributed by atoms with E-state index < -0.39 is 5.97 Å². The third kappa shape index (κ3) is 4.99. The van der Waals surface area contributed by atoms with Gasteiger partial charge >= 0.3 is 5.97 Å². The van der Waals surface area contributed by atoms with Crippen LogP contribution in [0.15, 0.2) is 120 Å². The van der Waals surface area contributed by atoms with Crippen molar-refractivity contribution >= 4 is 44.6 Å².